The van der Waals surface area contributed by atoms with E-state index in [1.54, 1.807) is 38.1 Å². The van der Waals surface area contributed by atoms with Crippen LogP contribution >= 0.6 is 0 Å². The molecule has 1 aromatic rings. The molecule has 0 radical (unpaired) electrons. The Morgan fingerprint density at radius 3 is 2.34 bits per heavy atom. The maximum Gasteiger partial charge on any atom is 0.344 e. The zero-order chi connectivity index (χ0) is 21.6. The molecule has 0 bridgehead atoms. The SMILES string of the molecule is CCC(=O)c1ccc(OCC(=O)OC(C)C(=O)N(CC)C2CCS(=O)(=O)C2)cc1. The van der Waals surface area contributed by atoms with E-state index in [0.717, 1.165) is 0 Å². The summed E-state index contributed by atoms with van der Waals surface area (Å²) in [5.74, 6) is -0.724. The van der Waals surface area contributed by atoms with Crippen molar-refractivity contribution in [2.24, 2.45) is 0 Å². The second kappa shape index (κ2) is 9.87. The molecular weight excluding hydrogens is 398 g/mol. The number of hydrogen-bond acceptors (Lipinski definition) is 7. The molecule has 0 spiro atoms. The zero-order valence-electron chi connectivity index (χ0n) is 16.9. The lowest BCUT2D eigenvalue weighted by Gasteiger charge is -2.29. The highest BCUT2D eigenvalue weighted by molar-refractivity contribution is 7.91. The van der Waals surface area contributed by atoms with Crippen LogP contribution in [0.3, 0.4) is 0 Å². The van der Waals surface area contributed by atoms with Crippen LogP contribution in [0.1, 0.15) is 44.0 Å². The standard InChI is InChI=1S/C20H27NO7S/c1-4-18(22)15-6-8-17(9-7-15)27-12-19(23)28-14(3)20(24)21(5-2)16-10-11-29(25,26)13-16/h6-9,14,16H,4-5,10-13H2,1-3H3. The fourth-order valence-electron chi connectivity index (χ4n) is 3.21. The number of rotatable bonds is 9. The summed E-state index contributed by atoms with van der Waals surface area (Å²) in [5, 5.41) is 0. The quantitative estimate of drug-likeness (QED) is 0.437. The van der Waals surface area contributed by atoms with Gasteiger partial charge in [-0.05, 0) is 44.5 Å². The topological polar surface area (TPSA) is 107 Å². The minimum absolute atomic E-state index is 0.0128. The van der Waals surface area contributed by atoms with E-state index in [1.165, 1.54) is 11.8 Å². The maximum atomic E-state index is 12.6. The van der Waals surface area contributed by atoms with Crippen molar-refractivity contribution in [1.82, 2.24) is 4.90 Å². The van der Waals surface area contributed by atoms with Crippen LogP contribution in [0.2, 0.25) is 0 Å². The lowest BCUT2D eigenvalue weighted by Crippen LogP contribution is -2.46. The zero-order valence-corrected chi connectivity index (χ0v) is 17.7. The highest BCUT2D eigenvalue weighted by atomic mass is 32.2. The predicted octanol–water partition coefficient (Wildman–Crippen LogP) is 1.63. The van der Waals surface area contributed by atoms with E-state index in [2.05, 4.69) is 0 Å². The molecule has 1 saturated heterocycles. The van der Waals surface area contributed by atoms with Crippen LogP contribution in [0.4, 0.5) is 0 Å². The van der Waals surface area contributed by atoms with Crippen LogP contribution in [-0.2, 0) is 24.2 Å². The molecule has 0 saturated carbocycles. The Kier molecular flexibility index (Phi) is 7.78. The molecule has 1 aromatic carbocycles. The molecule has 8 nitrogen and oxygen atoms in total. The number of likely N-dealkylation sites (N-methyl/N-ethyl adjacent to an activating group) is 1. The van der Waals surface area contributed by atoms with E-state index in [0.29, 0.717) is 30.7 Å². The molecule has 0 N–H and O–H groups in total. The van der Waals surface area contributed by atoms with Crippen LogP contribution < -0.4 is 4.74 Å². The number of benzene rings is 1. The summed E-state index contributed by atoms with van der Waals surface area (Å²) < 4.78 is 33.8. The number of sulfone groups is 1. The molecule has 1 aliphatic heterocycles. The monoisotopic (exact) mass is 425 g/mol. The fourth-order valence-corrected chi connectivity index (χ4v) is 4.94. The molecular formula is C20H27NO7S. The Morgan fingerprint density at radius 2 is 1.83 bits per heavy atom. The molecule has 2 rings (SSSR count). The van der Waals surface area contributed by atoms with Gasteiger partial charge in [-0.15, -0.1) is 0 Å². The average Bonchev–Trinajstić information content (AvgIpc) is 3.05. The van der Waals surface area contributed by atoms with Crippen molar-refractivity contribution in [2.45, 2.75) is 45.8 Å². The smallest absolute Gasteiger partial charge is 0.344 e. The molecule has 2 unspecified atom stereocenters. The summed E-state index contributed by atoms with van der Waals surface area (Å²) in [7, 11) is -3.13. The van der Waals surface area contributed by atoms with Gasteiger partial charge in [0.1, 0.15) is 5.75 Å². The van der Waals surface area contributed by atoms with Crippen molar-refractivity contribution in [1.29, 1.82) is 0 Å². The first-order chi connectivity index (χ1) is 13.7. The highest BCUT2D eigenvalue weighted by Gasteiger charge is 2.36. The van der Waals surface area contributed by atoms with Gasteiger partial charge < -0.3 is 14.4 Å². The van der Waals surface area contributed by atoms with Crippen molar-refractivity contribution in [3.05, 3.63) is 29.8 Å². The predicted molar refractivity (Wildman–Crippen MR) is 107 cm³/mol. The first kappa shape index (κ1) is 22.9. The molecule has 9 heteroatoms. The van der Waals surface area contributed by atoms with Gasteiger partial charge in [0, 0.05) is 24.6 Å². The number of hydrogen-bond donors (Lipinski definition) is 0. The number of ketones is 1. The van der Waals surface area contributed by atoms with Gasteiger partial charge in [0.15, 0.2) is 28.3 Å². The van der Waals surface area contributed by atoms with Gasteiger partial charge in [-0.3, -0.25) is 9.59 Å². The number of ether oxygens (including phenoxy) is 2. The second-order valence-electron chi connectivity index (χ2n) is 6.90. The number of carbonyl (C=O) groups is 3. The van der Waals surface area contributed by atoms with Crippen LogP contribution in [0.5, 0.6) is 5.75 Å². The van der Waals surface area contributed by atoms with Crippen LogP contribution in [-0.4, -0.2) is 67.8 Å². The normalized spacial score (nSPS) is 18.7. The first-order valence-electron chi connectivity index (χ1n) is 9.63. The number of esters is 1. The summed E-state index contributed by atoms with van der Waals surface area (Å²) in [6.07, 6.45) is -0.249. The van der Waals surface area contributed by atoms with Gasteiger partial charge in [0.2, 0.25) is 0 Å². The minimum atomic E-state index is -3.13. The van der Waals surface area contributed by atoms with Crippen LogP contribution in [0.25, 0.3) is 0 Å². The minimum Gasteiger partial charge on any atom is -0.482 e. The molecule has 1 amide bonds. The van der Waals surface area contributed by atoms with Crippen LogP contribution in [0.15, 0.2) is 24.3 Å². The Labute approximate surface area is 171 Å². The molecule has 1 heterocycles. The summed E-state index contributed by atoms with van der Waals surface area (Å²) in [5.41, 5.74) is 0.565. The van der Waals surface area contributed by atoms with E-state index in [1.807, 2.05) is 0 Å². The van der Waals surface area contributed by atoms with Gasteiger partial charge >= 0.3 is 5.97 Å². The second-order valence-corrected chi connectivity index (χ2v) is 9.13. The van der Waals surface area contributed by atoms with Gasteiger partial charge in [0.25, 0.3) is 5.91 Å². The van der Waals surface area contributed by atoms with Gasteiger partial charge in [-0.1, -0.05) is 6.92 Å². The van der Waals surface area contributed by atoms with E-state index in [9.17, 15) is 22.8 Å². The van der Waals surface area contributed by atoms with E-state index < -0.39 is 27.8 Å². The molecule has 2 atom stereocenters. The van der Waals surface area contributed by atoms with Gasteiger partial charge in [-0.2, -0.15) is 0 Å². The Balaban J connectivity index is 1.86. The van der Waals surface area contributed by atoms with Crippen molar-refractivity contribution >= 4 is 27.5 Å². The number of carbonyl (C=O) groups excluding carboxylic acids is 3. The third-order valence-electron chi connectivity index (χ3n) is 4.78. The van der Waals surface area contributed by atoms with Crippen molar-refractivity contribution in [3.63, 3.8) is 0 Å². The summed E-state index contributed by atoms with van der Waals surface area (Å²) in [4.78, 5) is 37.7. The maximum absolute atomic E-state index is 12.6. The molecule has 0 aromatic heterocycles. The molecule has 1 aliphatic rings. The third-order valence-corrected chi connectivity index (χ3v) is 6.53. The van der Waals surface area contributed by atoms with E-state index >= 15 is 0 Å². The molecule has 0 aliphatic carbocycles. The van der Waals surface area contributed by atoms with Crippen molar-refractivity contribution in [3.8, 4) is 5.75 Å². The van der Waals surface area contributed by atoms with Gasteiger partial charge in [-0.25, -0.2) is 13.2 Å². The van der Waals surface area contributed by atoms with Crippen molar-refractivity contribution < 1.29 is 32.3 Å². The molecule has 29 heavy (non-hydrogen) atoms. The number of Topliss-reactive ketones (excluding diaryl/α,β-unsaturated/α-hetero) is 1. The molecule has 160 valence electrons. The molecule has 1 fully saturated rings. The highest BCUT2D eigenvalue weighted by Crippen LogP contribution is 2.19. The van der Waals surface area contributed by atoms with Crippen molar-refractivity contribution in [2.75, 3.05) is 24.7 Å². The van der Waals surface area contributed by atoms with E-state index in [4.69, 9.17) is 9.47 Å². The average molecular weight is 426 g/mol. The lowest BCUT2D eigenvalue weighted by molar-refractivity contribution is -0.161. The largest absolute Gasteiger partial charge is 0.482 e. The van der Waals surface area contributed by atoms with E-state index in [-0.39, 0.29) is 29.9 Å². The fraction of sp³-hybridized carbons (Fsp3) is 0.550. The Hall–Kier alpha value is -2.42. The van der Waals surface area contributed by atoms with Gasteiger partial charge in [0.05, 0.1) is 11.5 Å². The number of nitrogens with zero attached hydrogens (tertiary/aromatic N) is 1. The van der Waals surface area contributed by atoms with Crippen LogP contribution in [0, 0.1) is 0 Å². The third kappa shape index (κ3) is 6.28. The Bertz CT molecular complexity index is 848. The first-order valence-corrected chi connectivity index (χ1v) is 11.5. The lowest BCUT2D eigenvalue weighted by atomic mass is 10.1. The summed E-state index contributed by atoms with van der Waals surface area (Å²) in [6, 6.07) is 6.02. The number of amides is 1. The summed E-state index contributed by atoms with van der Waals surface area (Å²) in [6.45, 7) is 4.93. The summed E-state index contributed by atoms with van der Waals surface area (Å²) >= 11 is 0. The Morgan fingerprint density at radius 1 is 1.17 bits per heavy atom.